The maximum Gasteiger partial charge on any atom is 0.323 e. The maximum atomic E-state index is 11.0. The standard InChI is InChI=1S/C9H16N2O/c1-5-7(3)11(9(10)12)8(4)6-2/h5-6H,1-4H3,(H2,10,12)/b7-5-,8-6-. The molecule has 0 bridgehead atoms. The van der Waals surface area contributed by atoms with Crippen molar-refractivity contribution < 1.29 is 4.79 Å². The Morgan fingerprint density at radius 2 is 1.50 bits per heavy atom. The smallest absolute Gasteiger partial charge is 0.323 e. The Labute approximate surface area is 73.5 Å². The molecule has 0 radical (unpaired) electrons. The number of urea groups is 1. The lowest BCUT2D eigenvalue weighted by Gasteiger charge is -2.21. The average molecular weight is 168 g/mol. The molecular formula is C9H16N2O. The topological polar surface area (TPSA) is 46.3 Å². The van der Waals surface area contributed by atoms with Crippen molar-refractivity contribution in [2.45, 2.75) is 27.7 Å². The summed E-state index contributed by atoms with van der Waals surface area (Å²) in [6, 6.07) is -0.443. The number of amides is 2. The van der Waals surface area contributed by atoms with Crippen molar-refractivity contribution >= 4 is 6.03 Å². The van der Waals surface area contributed by atoms with Crippen LogP contribution in [0.1, 0.15) is 27.7 Å². The minimum absolute atomic E-state index is 0.443. The van der Waals surface area contributed by atoms with E-state index >= 15 is 0 Å². The Morgan fingerprint density at radius 1 is 1.17 bits per heavy atom. The second-order valence-corrected chi connectivity index (χ2v) is 2.53. The Morgan fingerprint density at radius 3 is 1.67 bits per heavy atom. The lowest BCUT2D eigenvalue weighted by Crippen LogP contribution is -2.32. The SMILES string of the molecule is C/C=C(/C)N(C(N)=O)/C(C)=C\C. The van der Waals surface area contributed by atoms with Gasteiger partial charge in [-0.1, -0.05) is 12.2 Å². The normalized spacial score (nSPS) is 13.0. The van der Waals surface area contributed by atoms with E-state index in [-0.39, 0.29) is 0 Å². The van der Waals surface area contributed by atoms with Crippen molar-refractivity contribution in [1.82, 2.24) is 4.90 Å². The van der Waals surface area contributed by atoms with Crippen molar-refractivity contribution in [3.05, 3.63) is 23.5 Å². The van der Waals surface area contributed by atoms with E-state index in [1.807, 2.05) is 39.8 Å². The molecule has 0 saturated heterocycles. The highest BCUT2D eigenvalue weighted by atomic mass is 16.2. The van der Waals surface area contributed by atoms with Gasteiger partial charge in [-0.25, -0.2) is 4.79 Å². The molecule has 0 aliphatic carbocycles. The highest BCUT2D eigenvalue weighted by molar-refractivity contribution is 5.76. The van der Waals surface area contributed by atoms with Gasteiger partial charge in [-0.05, 0) is 27.7 Å². The van der Waals surface area contributed by atoms with Crippen molar-refractivity contribution in [3.63, 3.8) is 0 Å². The lowest BCUT2D eigenvalue weighted by molar-refractivity contribution is 0.230. The number of nitrogens with zero attached hydrogens (tertiary/aromatic N) is 1. The van der Waals surface area contributed by atoms with E-state index in [0.29, 0.717) is 0 Å². The molecule has 0 aliphatic heterocycles. The zero-order valence-electron chi connectivity index (χ0n) is 8.09. The van der Waals surface area contributed by atoms with Gasteiger partial charge < -0.3 is 5.73 Å². The fourth-order valence-corrected chi connectivity index (χ4v) is 0.884. The molecule has 0 aromatic heterocycles. The molecule has 3 nitrogen and oxygen atoms in total. The fraction of sp³-hybridized carbons (Fsp3) is 0.444. The van der Waals surface area contributed by atoms with Gasteiger partial charge in [0.05, 0.1) is 0 Å². The third kappa shape index (κ3) is 2.42. The molecule has 0 fully saturated rings. The van der Waals surface area contributed by atoms with Crippen LogP contribution in [-0.2, 0) is 0 Å². The van der Waals surface area contributed by atoms with Gasteiger partial charge in [0.25, 0.3) is 0 Å². The van der Waals surface area contributed by atoms with Crippen LogP contribution >= 0.6 is 0 Å². The third-order valence-electron chi connectivity index (χ3n) is 1.76. The molecular weight excluding hydrogens is 152 g/mol. The summed E-state index contributed by atoms with van der Waals surface area (Å²) < 4.78 is 0. The average Bonchev–Trinajstić information content (AvgIpc) is 2.03. The minimum Gasteiger partial charge on any atom is -0.351 e. The number of hydrogen-bond acceptors (Lipinski definition) is 1. The monoisotopic (exact) mass is 168 g/mol. The first-order chi connectivity index (χ1) is 5.54. The number of hydrogen-bond donors (Lipinski definition) is 1. The van der Waals surface area contributed by atoms with Crippen LogP contribution in [0.4, 0.5) is 4.79 Å². The minimum atomic E-state index is -0.443. The van der Waals surface area contributed by atoms with Crippen LogP contribution in [0.15, 0.2) is 23.5 Å². The number of rotatable bonds is 2. The Kier molecular flexibility index (Phi) is 4.11. The summed E-state index contributed by atoms with van der Waals surface area (Å²) >= 11 is 0. The summed E-state index contributed by atoms with van der Waals surface area (Å²) in [6.07, 6.45) is 3.69. The van der Waals surface area contributed by atoms with Gasteiger partial charge in [0.15, 0.2) is 0 Å². The van der Waals surface area contributed by atoms with E-state index in [2.05, 4.69) is 0 Å². The zero-order valence-corrected chi connectivity index (χ0v) is 8.09. The summed E-state index contributed by atoms with van der Waals surface area (Å²) in [5.41, 5.74) is 6.89. The molecule has 0 saturated carbocycles. The summed E-state index contributed by atoms with van der Waals surface area (Å²) in [7, 11) is 0. The van der Waals surface area contributed by atoms with Crippen LogP contribution in [0.3, 0.4) is 0 Å². The molecule has 0 aliphatic rings. The van der Waals surface area contributed by atoms with Crippen molar-refractivity contribution in [2.75, 3.05) is 0 Å². The predicted molar refractivity (Wildman–Crippen MR) is 50.3 cm³/mol. The first kappa shape index (κ1) is 10.8. The van der Waals surface area contributed by atoms with Gasteiger partial charge in [0, 0.05) is 11.4 Å². The predicted octanol–water partition coefficient (Wildman–Crippen LogP) is 2.21. The van der Waals surface area contributed by atoms with E-state index in [1.54, 1.807) is 0 Å². The molecule has 3 heteroatoms. The van der Waals surface area contributed by atoms with E-state index < -0.39 is 6.03 Å². The molecule has 0 unspecified atom stereocenters. The van der Waals surface area contributed by atoms with Crippen LogP contribution in [0, 0.1) is 0 Å². The Hall–Kier alpha value is -1.25. The Balaban J connectivity index is 4.80. The molecule has 2 N–H and O–H groups in total. The van der Waals surface area contributed by atoms with Crippen LogP contribution < -0.4 is 5.73 Å². The second kappa shape index (κ2) is 4.59. The second-order valence-electron chi connectivity index (χ2n) is 2.53. The van der Waals surface area contributed by atoms with E-state index in [9.17, 15) is 4.79 Å². The highest BCUT2D eigenvalue weighted by Gasteiger charge is 2.11. The molecule has 2 amide bonds. The number of primary amides is 1. The fourth-order valence-electron chi connectivity index (χ4n) is 0.884. The summed E-state index contributed by atoms with van der Waals surface area (Å²) in [6.45, 7) is 7.43. The molecule has 0 heterocycles. The summed E-state index contributed by atoms with van der Waals surface area (Å²) in [5, 5.41) is 0. The van der Waals surface area contributed by atoms with Crippen molar-refractivity contribution in [2.24, 2.45) is 5.73 Å². The molecule has 0 spiro atoms. The lowest BCUT2D eigenvalue weighted by atomic mass is 10.3. The van der Waals surface area contributed by atoms with Gasteiger partial charge in [-0.3, -0.25) is 4.90 Å². The van der Waals surface area contributed by atoms with Crippen LogP contribution in [0.25, 0.3) is 0 Å². The zero-order chi connectivity index (χ0) is 9.72. The molecule has 0 rings (SSSR count). The summed E-state index contributed by atoms with van der Waals surface area (Å²) in [4.78, 5) is 12.4. The quantitative estimate of drug-likeness (QED) is 0.675. The van der Waals surface area contributed by atoms with Gasteiger partial charge in [0.1, 0.15) is 0 Å². The van der Waals surface area contributed by atoms with Crippen molar-refractivity contribution in [1.29, 1.82) is 0 Å². The molecule has 0 aromatic rings. The van der Waals surface area contributed by atoms with E-state index in [0.717, 1.165) is 11.4 Å². The Bertz CT molecular complexity index is 211. The van der Waals surface area contributed by atoms with Gasteiger partial charge in [-0.15, -0.1) is 0 Å². The van der Waals surface area contributed by atoms with Crippen molar-refractivity contribution in [3.8, 4) is 0 Å². The molecule has 0 aromatic carbocycles. The number of nitrogens with two attached hydrogens (primary N) is 1. The van der Waals surface area contributed by atoms with E-state index in [1.165, 1.54) is 4.90 Å². The number of carbonyl (C=O) groups excluding carboxylic acids is 1. The highest BCUT2D eigenvalue weighted by Crippen LogP contribution is 2.11. The first-order valence-corrected chi connectivity index (χ1v) is 3.90. The summed E-state index contributed by atoms with van der Waals surface area (Å²) in [5.74, 6) is 0. The van der Waals surface area contributed by atoms with Gasteiger partial charge >= 0.3 is 6.03 Å². The molecule has 68 valence electrons. The first-order valence-electron chi connectivity index (χ1n) is 3.90. The number of carbonyl (C=O) groups is 1. The molecule has 12 heavy (non-hydrogen) atoms. The van der Waals surface area contributed by atoms with Gasteiger partial charge in [-0.2, -0.15) is 0 Å². The van der Waals surface area contributed by atoms with E-state index in [4.69, 9.17) is 5.73 Å². The van der Waals surface area contributed by atoms with Crippen LogP contribution in [0.5, 0.6) is 0 Å². The largest absolute Gasteiger partial charge is 0.351 e. The van der Waals surface area contributed by atoms with Crippen LogP contribution in [-0.4, -0.2) is 10.9 Å². The third-order valence-corrected chi connectivity index (χ3v) is 1.76. The molecule has 0 atom stereocenters. The van der Waals surface area contributed by atoms with Gasteiger partial charge in [0.2, 0.25) is 0 Å². The maximum absolute atomic E-state index is 11.0. The van der Waals surface area contributed by atoms with Crippen LogP contribution in [0.2, 0.25) is 0 Å². The number of allylic oxidation sites excluding steroid dienone is 4.